The van der Waals surface area contributed by atoms with Crippen LogP contribution in [-0.4, -0.2) is 24.0 Å². The summed E-state index contributed by atoms with van der Waals surface area (Å²) in [5, 5.41) is 6.26. The monoisotopic (exact) mass is 271 g/mol. The van der Waals surface area contributed by atoms with Crippen LogP contribution < -0.4 is 10.6 Å². The molecule has 2 bridgehead atoms. The Hall–Kier alpha value is -1.58. The summed E-state index contributed by atoms with van der Waals surface area (Å²) in [6.07, 6.45) is 4.19. The Morgan fingerprint density at radius 2 is 1.95 bits per heavy atom. The van der Waals surface area contributed by atoms with E-state index in [1.54, 1.807) is 0 Å². The molecule has 3 saturated carbocycles. The van der Waals surface area contributed by atoms with E-state index in [4.69, 9.17) is 0 Å². The van der Waals surface area contributed by atoms with Crippen molar-refractivity contribution in [2.75, 3.05) is 12.4 Å². The van der Waals surface area contributed by atoms with Crippen molar-refractivity contribution >= 4 is 11.7 Å². The second-order valence-corrected chi connectivity index (χ2v) is 6.62. The SMILES string of the molecule is CNc1cc(C(=O)NC2C3C4CCC(C4)C23)cc(C)n1. The number of aryl methyl sites for hydroxylation is 1. The minimum atomic E-state index is 0.0609. The number of pyridine rings is 1. The molecule has 2 N–H and O–H groups in total. The Bertz CT molecular complexity index is 555. The highest BCUT2D eigenvalue weighted by Crippen LogP contribution is 2.65. The van der Waals surface area contributed by atoms with Crippen LogP contribution in [-0.2, 0) is 0 Å². The predicted molar refractivity (Wildman–Crippen MR) is 77.6 cm³/mol. The van der Waals surface area contributed by atoms with Gasteiger partial charge in [0.25, 0.3) is 5.91 Å². The van der Waals surface area contributed by atoms with Crippen molar-refractivity contribution in [1.82, 2.24) is 10.3 Å². The number of fused-ring (bicyclic) bond motifs is 5. The minimum absolute atomic E-state index is 0.0609. The molecule has 1 aromatic heterocycles. The van der Waals surface area contributed by atoms with Gasteiger partial charge in [-0.2, -0.15) is 0 Å². The zero-order valence-corrected chi connectivity index (χ0v) is 12.0. The average molecular weight is 271 g/mol. The standard InChI is InChI=1S/C16H21N3O/c1-8-5-11(7-12(17-2)18-8)16(20)19-15-13-9-3-4-10(6-9)14(13)15/h5,7,9-10,13-15H,3-4,6H2,1-2H3,(H,17,18)(H,19,20). The number of aromatic nitrogens is 1. The molecule has 3 aliphatic rings. The van der Waals surface area contributed by atoms with E-state index < -0.39 is 0 Å². The molecular formula is C16H21N3O. The number of hydrogen-bond donors (Lipinski definition) is 2. The maximum atomic E-state index is 12.4. The van der Waals surface area contributed by atoms with E-state index in [2.05, 4.69) is 15.6 Å². The third-order valence-electron chi connectivity index (χ3n) is 5.50. The quantitative estimate of drug-likeness (QED) is 0.886. The topological polar surface area (TPSA) is 54.0 Å². The summed E-state index contributed by atoms with van der Waals surface area (Å²) in [6.45, 7) is 1.92. The van der Waals surface area contributed by atoms with Gasteiger partial charge in [0.15, 0.2) is 0 Å². The normalized spacial score (nSPS) is 36.6. The number of carbonyl (C=O) groups is 1. The molecule has 0 aromatic carbocycles. The molecule has 1 heterocycles. The molecule has 4 nitrogen and oxygen atoms in total. The van der Waals surface area contributed by atoms with Gasteiger partial charge in [-0.15, -0.1) is 0 Å². The molecular weight excluding hydrogens is 250 g/mol. The highest BCUT2D eigenvalue weighted by atomic mass is 16.1. The summed E-state index contributed by atoms with van der Waals surface area (Å²) in [7, 11) is 1.83. The van der Waals surface area contributed by atoms with E-state index in [0.29, 0.717) is 6.04 Å². The van der Waals surface area contributed by atoms with Crippen molar-refractivity contribution in [2.24, 2.45) is 23.7 Å². The second kappa shape index (κ2) is 4.21. The van der Waals surface area contributed by atoms with Crippen molar-refractivity contribution < 1.29 is 4.79 Å². The maximum Gasteiger partial charge on any atom is 0.251 e. The number of amides is 1. The largest absolute Gasteiger partial charge is 0.373 e. The molecule has 0 saturated heterocycles. The fourth-order valence-corrected chi connectivity index (χ4v) is 4.68. The maximum absolute atomic E-state index is 12.4. The van der Waals surface area contributed by atoms with Crippen LogP contribution in [0, 0.1) is 30.6 Å². The lowest BCUT2D eigenvalue weighted by Gasteiger charge is -2.11. The molecule has 0 radical (unpaired) electrons. The summed E-state index contributed by atoms with van der Waals surface area (Å²) >= 11 is 0. The Labute approximate surface area is 119 Å². The molecule has 1 aromatic rings. The molecule has 4 unspecified atom stereocenters. The Kier molecular flexibility index (Phi) is 2.56. The molecule has 20 heavy (non-hydrogen) atoms. The van der Waals surface area contributed by atoms with Gasteiger partial charge in [0, 0.05) is 24.3 Å². The first-order valence-electron chi connectivity index (χ1n) is 7.64. The summed E-state index contributed by atoms with van der Waals surface area (Å²) in [5.41, 5.74) is 1.59. The van der Waals surface area contributed by atoms with Gasteiger partial charge < -0.3 is 10.6 Å². The fraction of sp³-hybridized carbons (Fsp3) is 0.625. The van der Waals surface area contributed by atoms with Crippen LogP contribution in [0.15, 0.2) is 12.1 Å². The van der Waals surface area contributed by atoms with Crippen LogP contribution in [0.3, 0.4) is 0 Å². The Balaban J connectivity index is 1.48. The predicted octanol–water partition coefficient (Wildman–Crippen LogP) is 2.21. The zero-order chi connectivity index (χ0) is 13.9. The number of hydrogen-bond acceptors (Lipinski definition) is 3. The van der Waals surface area contributed by atoms with Crippen LogP contribution in [0.1, 0.15) is 35.3 Å². The first-order valence-corrected chi connectivity index (χ1v) is 7.64. The summed E-state index contributed by atoms with van der Waals surface area (Å²) in [5.74, 6) is 4.16. The average Bonchev–Trinajstić information content (AvgIpc) is 2.84. The fourth-order valence-electron chi connectivity index (χ4n) is 4.68. The van der Waals surface area contributed by atoms with Crippen LogP contribution in [0.25, 0.3) is 0 Å². The highest BCUT2D eigenvalue weighted by Gasteiger charge is 2.65. The minimum Gasteiger partial charge on any atom is -0.373 e. The van der Waals surface area contributed by atoms with Crippen LogP contribution in [0.4, 0.5) is 5.82 Å². The van der Waals surface area contributed by atoms with Crippen molar-refractivity contribution in [3.8, 4) is 0 Å². The molecule has 106 valence electrons. The van der Waals surface area contributed by atoms with Gasteiger partial charge in [-0.25, -0.2) is 4.98 Å². The number of anilines is 1. The second-order valence-electron chi connectivity index (χ2n) is 6.62. The molecule has 1 amide bonds. The lowest BCUT2D eigenvalue weighted by molar-refractivity contribution is 0.0944. The Morgan fingerprint density at radius 1 is 1.25 bits per heavy atom. The van der Waals surface area contributed by atoms with Gasteiger partial charge >= 0.3 is 0 Å². The van der Waals surface area contributed by atoms with E-state index in [1.807, 2.05) is 26.1 Å². The van der Waals surface area contributed by atoms with E-state index in [1.165, 1.54) is 19.3 Å². The lowest BCUT2D eigenvalue weighted by Crippen LogP contribution is -2.30. The molecule has 4 rings (SSSR count). The smallest absolute Gasteiger partial charge is 0.251 e. The van der Waals surface area contributed by atoms with Crippen molar-refractivity contribution in [3.63, 3.8) is 0 Å². The summed E-state index contributed by atoms with van der Waals surface area (Å²) in [4.78, 5) is 16.7. The number of rotatable bonds is 3. The third kappa shape index (κ3) is 1.74. The third-order valence-corrected chi connectivity index (χ3v) is 5.50. The highest BCUT2D eigenvalue weighted by molar-refractivity contribution is 5.95. The van der Waals surface area contributed by atoms with Gasteiger partial charge in [-0.3, -0.25) is 4.79 Å². The van der Waals surface area contributed by atoms with Gasteiger partial charge in [-0.05, 0) is 62.0 Å². The van der Waals surface area contributed by atoms with Crippen molar-refractivity contribution in [3.05, 3.63) is 23.4 Å². The number of nitrogens with zero attached hydrogens (tertiary/aromatic N) is 1. The van der Waals surface area contributed by atoms with Crippen LogP contribution in [0.2, 0.25) is 0 Å². The summed E-state index contributed by atoms with van der Waals surface area (Å²) in [6, 6.07) is 4.14. The van der Waals surface area contributed by atoms with Crippen molar-refractivity contribution in [2.45, 2.75) is 32.2 Å². The van der Waals surface area contributed by atoms with E-state index in [-0.39, 0.29) is 5.91 Å². The van der Waals surface area contributed by atoms with Crippen molar-refractivity contribution in [1.29, 1.82) is 0 Å². The molecule has 0 spiro atoms. The zero-order valence-electron chi connectivity index (χ0n) is 12.0. The number of nitrogens with one attached hydrogen (secondary N) is 2. The van der Waals surface area contributed by atoms with Crippen LogP contribution in [0.5, 0.6) is 0 Å². The van der Waals surface area contributed by atoms with Gasteiger partial charge in [-0.1, -0.05) is 0 Å². The van der Waals surface area contributed by atoms with Gasteiger partial charge in [0.05, 0.1) is 0 Å². The molecule has 4 heteroatoms. The van der Waals surface area contributed by atoms with E-state index >= 15 is 0 Å². The Morgan fingerprint density at radius 3 is 2.60 bits per heavy atom. The molecule has 3 aliphatic carbocycles. The van der Waals surface area contributed by atoms with E-state index in [9.17, 15) is 4.79 Å². The number of carbonyl (C=O) groups excluding carboxylic acids is 1. The van der Waals surface area contributed by atoms with Gasteiger partial charge in [0.1, 0.15) is 5.82 Å². The van der Waals surface area contributed by atoms with Gasteiger partial charge in [0.2, 0.25) is 0 Å². The first-order chi connectivity index (χ1) is 9.67. The van der Waals surface area contributed by atoms with E-state index in [0.717, 1.165) is 40.7 Å². The lowest BCUT2D eigenvalue weighted by atomic mass is 10.0. The molecule has 0 aliphatic heterocycles. The summed E-state index contributed by atoms with van der Waals surface area (Å²) < 4.78 is 0. The molecule has 3 fully saturated rings. The van der Waals surface area contributed by atoms with Crippen LogP contribution >= 0.6 is 0 Å². The first kappa shape index (κ1) is 12.2. The molecule has 4 atom stereocenters.